The van der Waals surface area contributed by atoms with E-state index in [2.05, 4.69) is 10.6 Å². The van der Waals surface area contributed by atoms with Gasteiger partial charge >= 0.3 is 5.97 Å². The molecule has 0 unspecified atom stereocenters. The molecule has 1 aliphatic heterocycles. The number of anilines is 2. The first-order valence-electron chi connectivity index (χ1n) is 12.4. The van der Waals surface area contributed by atoms with Crippen LogP contribution in [0.5, 0.6) is 5.75 Å². The van der Waals surface area contributed by atoms with Crippen molar-refractivity contribution in [1.82, 2.24) is 10.6 Å². The number of nitrogens with one attached hydrogen (secondary N) is 2. The van der Waals surface area contributed by atoms with Crippen molar-refractivity contribution in [3.63, 3.8) is 0 Å². The molecule has 1 aliphatic rings. The number of aldehydes is 1. The number of ketones is 1. The molecular formula is C27H28N4O10. The molecule has 216 valence electrons. The number of ether oxygens (including phenoxy) is 1. The van der Waals surface area contributed by atoms with Gasteiger partial charge in [-0.15, -0.1) is 0 Å². The maximum Gasteiger partial charge on any atom is 0.305 e. The minimum absolute atomic E-state index is 0.0530. The molecule has 4 N–H and O–H groups in total. The third kappa shape index (κ3) is 7.30. The monoisotopic (exact) mass is 568 g/mol. The Bertz CT molecular complexity index is 1360. The van der Waals surface area contributed by atoms with E-state index in [1.54, 1.807) is 12.1 Å². The summed E-state index contributed by atoms with van der Waals surface area (Å²) < 4.78 is 5.13. The van der Waals surface area contributed by atoms with Gasteiger partial charge in [0.05, 0.1) is 36.5 Å². The minimum atomic E-state index is -1.41. The number of Topliss-reactive ketones (excluding diaryl/α,β-unsaturated/α-hetero) is 1. The van der Waals surface area contributed by atoms with E-state index in [0.29, 0.717) is 0 Å². The Balaban J connectivity index is 1.97. The second kappa shape index (κ2) is 13.8. The van der Waals surface area contributed by atoms with Crippen molar-refractivity contribution in [2.24, 2.45) is 0 Å². The number of carboxylic acids is 1. The Labute approximate surface area is 233 Å². The van der Waals surface area contributed by atoms with Gasteiger partial charge in [-0.05, 0) is 30.7 Å². The number of nitrogens with zero attached hydrogens (tertiary/aromatic N) is 2. The molecule has 3 rings (SSSR count). The first-order chi connectivity index (χ1) is 19.6. The van der Waals surface area contributed by atoms with Crippen LogP contribution < -0.4 is 25.2 Å². The van der Waals surface area contributed by atoms with Crippen LogP contribution in [-0.4, -0.2) is 90.8 Å². The largest absolute Gasteiger partial charge is 0.496 e. The lowest BCUT2D eigenvalue weighted by Gasteiger charge is -2.35. The van der Waals surface area contributed by atoms with E-state index < -0.39 is 67.0 Å². The zero-order valence-corrected chi connectivity index (χ0v) is 21.9. The fraction of sp³-hybridized carbons (Fsp3) is 0.296. The van der Waals surface area contributed by atoms with Crippen molar-refractivity contribution >= 4 is 53.0 Å². The Hall–Kier alpha value is -5.11. The van der Waals surface area contributed by atoms with E-state index in [4.69, 9.17) is 9.84 Å². The van der Waals surface area contributed by atoms with Crippen molar-refractivity contribution in [2.75, 3.05) is 36.6 Å². The molecular weight excluding hydrogens is 540 g/mol. The normalized spacial score (nSPS) is 15.5. The number of fused-ring (bicyclic) bond motifs is 1. The Morgan fingerprint density at radius 2 is 1.73 bits per heavy atom. The predicted octanol–water partition coefficient (Wildman–Crippen LogP) is -0.717. The number of aliphatic hydroxyl groups is 1. The van der Waals surface area contributed by atoms with E-state index in [9.17, 15) is 38.7 Å². The lowest BCUT2D eigenvalue weighted by molar-refractivity contribution is -0.139. The molecule has 14 heteroatoms. The van der Waals surface area contributed by atoms with Gasteiger partial charge in [-0.25, -0.2) is 0 Å². The number of carbonyl (C=O) groups excluding carboxylic acids is 6. The maximum absolute atomic E-state index is 13.8. The molecule has 0 aromatic heterocycles. The summed E-state index contributed by atoms with van der Waals surface area (Å²) in [6.07, 6.45) is -0.649. The van der Waals surface area contributed by atoms with Gasteiger partial charge < -0.3 is 35.3 Å². The van der Waals surface area contributed by atoms with Crippen LogP contribution in [0.25, 0.3) is 0 Å². The van der Waals surface area contributed by atoms with Gasteiger partial charge in [0, 0.05) is 6.54 Å². The minimum Gasteiger partial charge on any atom is -0.496 e. The molecule has 1 heterocycles. The number of hydrogen-bond acceptors (Lipinski definition) is 9. The number of rotatable bonds is 11. The summed E-state index contributed by atoms with van der Waals surface area (Å²) in [5.74, 6) is -5.78. The standard InChI is InChI=1S/C27H28N4O10/c1-41-21-9-5-2-6-17(21)25(38)26(39)29-18-10-11-30(23(35)15-33)19-7-3-4-8-20(19)31(27(18)40)13-22(34)28-16(14-32)12-24(36)37/h2-9,14,16,18,33H,10-13,15H2,1H3,(H,28,34)(H,29,39)(H,36,37)/t16-,18-/m0/s1. The van der Waals surface area contributed by atoms with Gasteiger partial charge in [0.1, 0.15) is 31.2 Å². The number of hydrogen-bond donors (Lipinski definition) is 4. The number of methoxy groups -OCH3 is 1. The van der Waals surface area contributed by atoms with E-state index in [0.717, 1.165) is 4.90 Å². The average Bonchev–Trinajstić information content (AvgIpc) is 2.97. The molecule has 14 nitrogen and oxygen atoms in total. The van der Waals surface area contributed by atoms with Gasteiger partial charge in [-0.1, -0.05) is 24.3 Å². The number of benzene rings is 2. The topological polar surface area (TPSA) is 200 Å². The second-order valence-electron chi connectivity index (χ2n) is 8.87. The third-order valence-corrected chi connectivity index (χ3v) is 6.18. The highest BCUT2D eigenvalue weighted by Gasteiger charge is 2.36. The summed E-state index contributed by atoms with van der Waals surface area (Å²) in [7, 11) is 1.32. The molecule has 0 aliphatic carbocycles. The highest BCUT2D eigenvalue weighted by Crippen LogP contribution is 2.32. The quantitative estimate of drug-likeness (QED) is 0.152. The van der Waals surface area contributed by atoms with Crippen LogP contribution in [0, 0.1) is 0 Å². The smallest absolute Gasteiger partial charge is 0.305 e. The van der Waals surface area contributed by atoms with Crippen LogP contribution in [-0.2, 0) is 28.8 Å². The number of amides is 4. The molecule has 2 aromatic carbocycles. The fourth-order valence-corrected chi connectivity index (χ4v) is 4.27. The van der Waals surface area contributed by atoms with Crippen molar-refractivity contribution < 1.29 is 48.5 Å². The zero-order valence-electron chi connectivity index (χ0n) is 21.9. The lowest BCUT2D eigenvalue weighted by atomic mass is 10.0. The summed E-state index contributed by atoms with van der Waals surface area (Å²) in [4.78, 5) is 89.5. The Morgan fingerprint density at radius 1 is 1.07 bits per heavy atom. The van der Waals surface area contributed by atoms with E-state index >= 15 is 0 Å². The molecule has 0 spiro atoms. The van der Waals surface area contributed by atoms with Crippen LogP contribution in [0.3, 0.4) is 0 Å². The second-order valence-corrected chi connectivity index (χ2v) is 8.87. The molecule has 0 fully saturated rings. The summed E-state index contributed by atoms with van der Waals surface area (Å²) in [5.41, 5.74) is 0.188. The van der Waals surface area contributed by atoms with Crippen molar-refractivity contribution in [1.29, 1.82) is 0 Å². The Morgan fingerprint density at radius 3 is 2.37 bits per heavy atom. The molecule has 0 saturated carbocycles. The molecule has 4 amide bonds. The van der Waals surface area contributed by atoms with Crippen LogP contribution in [0.15, 0.2) is 48.5 Å². The predicted molar refractivity (Wildman–Crippen MR) is 142 cm³/mol. The number of carbonyl (C=O) groups is 7. The van der Waals surface area contributed by atoms with E-state index in [-0.39, 0.29) is 41.9 Å². The Kier molecular flexibility index (Phi) is 10.2. The summed E-state index contributed by atoms with van der Waals surface area (Å²) >= 11 is 0. The summed E-state index contributed by atoms with van der Waals surface area (Å²) in [6.45, 7) is -1.74. The number of aliphatic carboxylic acids is 1. The first kappa shape index (κ1) is 30.4. The van der Waals surface area contributed by atoms with Gasteiger partial charge in [0.15, 0.2) is 0 Å². The van der Waals surface area contributed by atoms with Gasteiger partial charge in [0.2, 0.25) is 11.8 Å². The average molecular weight is 569 g/mol. The molecule has 2 atom stereocenters. The number of carboxylic acid groups (broad SMARTS) is 1. The first-order valence-corrected chi connectivity index (χ1v) is 12.4. The molecule has 41 heavy (non-hydrogen) atoms. The number of para-hydroxylation sites is 3. The number of aliphatic hydroxyl groups excluding tert-OH is 1. The zero-order chi connectivity index (χ0) is 30.1. The van der Waals surface area contributed by atoms with Gasteiger partial charge in [-0.3, -0.25) is 33.7 Å². The summed E-state index contributed by atoms with van der Waals surface area (Å²) in [6, 6.07) is 9.21. The molecule has 0 radical (unpaired) electrons. The highest BCUT2D eigenvalue weighted by molar-refractivity contribution is 6.43. The van der Waals surface area contributed by atoms with Crippen molar-refractivity contribution in [3.05, 3.63) is 54.1 Å². The molecule has 0 bridgehead atoms. The SMILES string of the molecule is COc1ccccc1C(=O)C(=O)N[C@H]1CCN(C(=O)CO)c2ccccc2N(CC(=O)N[C@H](C=O)CC(=O)O)C1=O. The summed E-state index contributed by atoms with van der Waals surface area (Å²) in [5, 5.41) is 23.1. The molecule has 0 saturated heterocycles. The third-order valence-electron chi connectivity index (χ3n) is 6.18. The van der Waals surface area contributed by atoms with Crippen LogP contribution >= 0.6 is 0 Å². The van der Waals surface area contributed by atoms with Gasteiger partial charge in [0.25, 0.3) is 17.6 Å². The van der Waals surface area contributed by atoms with Crippen LogP contribution in [0.2, 0.25) is 0 Å². The molecule has 2 aromatic rings. The van der Waals surface area contributed by atoms with Crippen LogP contribution in [0.1, 0.15) is 23.2 Å². The van der Waals surface area contributed by atoms with Crippen molar-refractivity contribution in [2.45, 2.75) is 24.9 Å². The van der Waals surface area contributed by atoms with Crippen molar-refractivity contribution in [3.8, 4) is 5.75 Å². The lowest BCUT2D eigenvalue weighted by Crippen LogP contribution is -2.56. The maximum atomic E-state index is 13.8. The van der Waals surface area contributed by atoms with Crippen LogP contribution in [0.4, 0.5) is 11.4 Å². The fourth-order valence-electron chi connectivity index (χ4n) is 4.27. The van der Waals surface area contributed by atoms with Gasteiger partial charge in [-0.2, -0.15) is 0 Å². The van der Waals surface area contributed by atoms with E-state index in [1.807, 2.05) is 0 Å². The highest BCUT2D eigenvalue weighted by atomic mass is 16.5. The van der Waals surface area contributed by atoms with E-state index in [1.165, 1.54) is 48.4 Å².